The molecule has 21 heavy (non-hydrogen) atoms. The fraction of sp³-hybridized carbons (Fsp3) is 0.385. The maximum atomic E-state index is 10.9. The van der Waals surface area contributed by atoms with Gasteiger partial charge in [-0.15, -0.1) is 0 Å². The van der Waals surface area contributed by atoms with Crippen LogP contribution >= 0.6 is 0 Å². The van der Waals surface area contributed by atoms with Crippen molar-refractivity contribution in [2.75, 3.05) is 18.9 Å². The van der Waals surface area contributed by atoms with E-state index in [1.165, 1.54) is 13.3 Å². The molecule has 2 aromatic rings. The summed E-state index contributed by atoms with van der Waals surface area (Å²) in [6.07, 6.45) is 5.47. The van der Waals surface area contributed by atoms with Crippen LogP contribution in [0.5, 0.6) is 0 Å². The summed E-state index contributed by atoms with van der Waals surface area (Å²) in [4.78, 5) is 23.1. The molecule has 1 aliphatic rings. The lowest BCUT2D eigenvalue weighted by molar-refractivity contribution is -0.143. The number of nitrogens with two attached hydrogens (primary N) is 1. The lowest BCUT2D eigenvalue weighted by Crippen LogP contribution is -2.17. The second-order valence-electron chi connectivity index (χ2n) is 5.13. The third-order valence-corrected chi connectivity index (χ3v) is 3.62. The number of aliphatic hydroxyl groups excluding tert-OH is 1. The van der Waals surface area contributed by atoms with Gasteiger partial charge >= 0.3 is 5.97 Å². The highest BCUT2D eigenvalue weighted by atomic mass is 16.5. The summed E-state index contributed by atoms with van der Waals surface area (Å²) < 4.78 is 6.74. The van der Waals surface area contributed by atoms with E-state index in [-0.39, 0.29) is 19.2 Å². The molecule has 8 heteroatoms. The molecule has 3 rings (SSSR count). The number of aromatic nitrogens is 4. The average Bonchev–Trinajstić information content (AvgIpc) is 2.99. The maximum absolute atomic E-state index is 10.9. The van der Waals surface area contributed by atoms with E-state index >= 15 is 0 Å². The monoisotopic (exact) mass is 289 g/mol. The van der Waals surface area contributed by atoms with Gasteiger partial charge in [0.1, 0.15) is 19.3 Å². The zero-order valence-corrected chi connectivity index (χ0v) is 11.5. The molecule has 0 bridgehead atoms. The standard InChI is InChI=1S/C13H15N5O3/c1-8(20)21-5-13(4-19)2-9(13)3-18-7-17-10-11(14)15-6-16-12(10)18/h3,6-7,19H,2,4-5H2,1H3,(H2,14,15,16)/b9-3+. The third-order valence-electron chi connectivity index (χ3n) is 3.62. The summed E-state index contributed by atoms with van der Waals surface area (Å²) >= 11 is 0. The Kier molecular flexibility index (Phi) is 3.09. The number of carbonyl (C=O) groups is 1. The average molecular weight is 289 g/mol. The molecule has 2 aromatic heterocycles. The minimum atomic E-state index is -0.485. The summed E-state index contributed by atoms with van der Waals surface area (Å²) in [7, 11) is 0. The first-order valence-electron chi connectivity index (χ1n) is 6.44. The Bertz CT molecular complexity index is 738. The van der Waals surface area contributed by atoms with Gasteiger partial charge in [0.25, 0.3) is 0 Å². The Balaban J connectivity index is 1.88. The van der Waals surface area contributed by atoms with Crippen molar-refractivity contribution in [2.24, 2.45) is 5.41 Å². The molecule has 0 spiro atoms. The van der Waals surface area contributed by atoms with Gasteiger partial charge < -0.3 is 15.6 Å². The van der Waals surface area contributed by atoms with E-state index in [9.17, 15) is 9.90 Å². The Morgan fingerprint density at radius 3 is 3.10 bits per heavy atom. The van der Waals surface area contributed by atoms with Crippen LogP contribution in [0.1, 0.15) is 13.3 Å². The molecular formula is C13H15N5O3. The van der Waals surface area contributed by atoms with Gasteiger partial charge in [0.2, 0.25) is 0 Å². The molecule has 0 radical (unpaired) electrons. The summed E-state index contributed by atoms with van der Waals surface area (Å²) in [5.41, 5.74) is 7.35. The highest BCUT2D eigenvalue weighted by Crippen LogP contribution is 2.52. The SMILES string of the molecule is CC(=O)OCC1(CO)C/C1=C\n1cnc2c(N)ncnc21. The highest BCUT2D eigenvalue weighted by molar-refractivity contribution is 5.82. The van der Waals surface area contributed by atoms with Crippen molar-refractivity contribution >= 4 is 29.2 Å². The lowest BCUT2D eigenvalue weighted by Gasteiger charge is -2.10. The number of ether oxygens (including phenoxy) is 1. The zero-order valence-electron chi connectivity index (χ0n) is 11.5. The van der Waals surface area contributed by atoms with Crippen molar-refractivity contribution in [3.63, 3.8) is 0 Å². The van der Waals surface area contributed by atoms with Gasteiger partial charge in [-0.3, -0.25) is 9.36 Å². The van der Waals surface area contributed by atoms with Gasteiger partial charge in [0.15, 0.2) is 17.0 Å². The summed E-state index contributed by atoms with van der Waals surface area (Å²) in [5.74, 6) is -0.0380. The number of anilines is 1. The number of fused-ring (bicyclic) bond motifs is 1. The van der Waals surface area contributed by atoms with E-state index in [1.807, 2.05) is 6.20 Å². The van der Waals surface area contributed by atoms with Gasteiger partial charge in [0.05, 0.1) is 12.0 Å². The van der Waals surface area contributed by atoms with Crippen molar-refractivity contribution in [3.8, 4) is 0 Å². The molecule has 1 aliphatic carbocycles. The molecular weight excluding hydrogens is 274 g/mol. The van der Waals surface area contributed by atoms with Gasteiger partial charge in [0, 0.05) is 13.1 Å². The van der Waals surface area contributed by atoms with E-state index in [2.05, 4.69) is 15.0 Å². The fourth-order valence-corrected chi connectivity index (χ4v) is 2.22. The fourth-order valence-electron chi connectivity index (χ4n) is 2.22. The molecule has 0 aromatic carbocycles. The van der Waals surface area contributed by atoms with Crippen LogP contribution in [0.2, 0.25) is 0 Å². The van der Waals surface area contributed by atoms with Crippen LogP contribution in [0.3, 0.4) is 0 Å². The van der Waals surface area contributed by atoms with E-state index in [1.54, 1.807) is 10.9 Å². The second kappa shape index (κ2) is 4.81. The number of rotatable bonds is 4. The number of aliphatic hydroxyl groups is 1. The number of hydrogen-bond acceptors (Lipinski definition) is 7. The first-order chi connectivity index (χ1) is 10.1. The van der Waals surface area contributed by atoms with Crippen LogP contribution in [0.4, 0.5) is 5.82 Å². The molecule has 8 nitrogen and oxygen atoms in total. The van der Waals surface area contributed by atoms with Gasteiger partial charge in [-0.25, -0.2) is 15.0 Å². The largest absolute Gasteiger partial charge is 0.465 e. The predicted octanol–water partition coefficient (Wildman–Crippen LogP) is 0.195. The van der Waals surface area contributed by atoms with Gasteiger partial charge in [-0.2, -0.15) is 0 Å². The maximum Gasteiger partial charge on any atom is 0.302 e. The molecule has 110 valence electrons. The van der Waals surface area contributed by atoms with E-state index < -0.39 is 5.41 Å². The van der Waals surface area contributed by atoms with Crippen molar-refractivity contribution in [2.45, 2.75) is 13.3 Å². The minimum absolute atomic E-state index is 0.0735. The molecule has 1 unspecified atom stereocenters. The van der Waals surface area contributed by atoms with E-state index in [0.29, 0.717) is 23.4 Å². The van der Waals surface area contributed by atoms with Crippen LogP contribution < -0.4 is 5.73 Å². The number of hydrogen-bond donors (Lipinski definition) is 2. The molecule has 0 saturated heterocycles. The van der Waals surface area contributed by atoms with Crippen LogP contribution in [-0.4, -0.2) is 43.8 Å². The van der Waals surface area contributed by atoms with Crippen molar-refractivity contribution < 1.29 is 14.6 Å². The lowest BCUT2D eigenvalue weighted by atomic mass is 10.1. The minimum Gasteiger partial charge on any atom is -0.465 e. The Morgan fingerprint density at radius 1 is 1.57 bits per heavy atom. The van der Waals surface area contributed by atoms with Crippen LogP contribution in [-0.2, 0) is 9.53 Å². The van der Waals surface area contributed by atoms with Gasteiger partial charge in [-0.1, -0.05) is 0 Å². The Labute approximate surface area is 120 Å². The molecule has 1 saturated carbocycles. The van der Waals surface area contributed by atoms with Crippen LogP contribution in [0.15, 0.2) is 18.2 Å². The van der Waals surface area contributed by atoms with Crippen molar-refractivity contribution in [1.29, 1.82) is 0 Å². The zero-order chi connectivity index (χ0) is 15.0. The quantitative estimate of drug-likeness (QED) is 0.772. The van der Waals surface area contributed by atoms with Crippen LogP contribution in [0, 0.1) is 5.41 Å². The topological polar surface area (TPSA) is 116 Å². The molecule has 0 aliphatic heterocycles. The van der Waals surface area contributed by atoms with Crippen molar-refractivity contribution in [1.82, 2.24) is 19.5 Å². The van der Waals surface area contributed by atoms with Crippen molar-refractivity contribution in [3.05, 3.63) is 18.2 Å². The third kappa shape index (κ3) is 2.33. The number of esters is 1. The van der Waals surface area contributed by atoms with E-state index in [0.717, 1.165) is 5.57 Å². The van der Waals surface area contributed by atoms with Gasteiger partial charge in [-0.05, 0) is 12.0 Å². The molecule has 1 atom stereocenters. The summed E-state index contributed by atoms with van der Waals surface area (Å²) in [6.45, 7) is 1.45. The molecule has 3 N–H and O–H groups in total. The first-order valence-corrected chi connectivity index (χ1v) is 6.44. The molecule has 2 heterocycles. The summed E-state index contributed by atoms with van der Waals surface area (Å²) in [5, 5.41) is 9.52. The molecule has 0 amide bonds. The highest BCUT2D eigenvalue weighted by Gasteiger charge is 2.49. The Hall–Kier alpha value is -2.48. The molecule has 1 fully saturated rings. The Morgan fingerprint density at radius 2 is 2.38 bits per heavy atom. The first kappa shape index (κ1) is 13.5. The number of carbonyl (C=O) groups excluding carboxylic acids is 1. The van der Waals surface area contributed by atoms with Crippen LogP contribution in [0.25, 0.3) is 17.4 Å². The number of nitrogens with zero attached hydrogens (tertiary/aromatic N) is 4. The summed E-state index contributed by atoms with van der Waals surface area (Å²) in [6, 6.07) is 0. The normalized spacial score (nSPS) is 22.7. The number of imidazole rings is 1. The smallest absolute Gasteiger partial charge is 0.302 e. The second-order valence-corrected chi connectivity index (χ2v) is 5.13. The predicted molar refractivity (Wildman–Crippen MR) is 74.8 cm³/mol. The number of nitrogen functional groups attached to an aromatic ring is 1. The van der Waals surface area contributed by atoms with E-state index in [4.69, 9.17) is 10.5 Å².